The van der Waals surface area contributed by atoms with Crippen molar-refractivity contribution >= 4 is 35.3 Å². The SMILES string of the molecule is COc1c(Cl)cc(/C=N/NC(=O)c2ccc(-n3c(C)ccc3-c3ccccc3)cc2)cc1Cl. The molecule has 1 heterocycles. The van der Waals surface area contributed by atoms with E-state index in [2.05, 4.69) is 46.3 Å². The van der Waals surface area contributed by atoms with Gasteiger partial charge in [0.2, 0.25) is 0 Å². The van der Waals surface area contributed by atoms with E-state index in [1.54, 1.807) is 24.3 Å². The number of ether oxygens (including phenoxy) is 1. The fourth-order valence-corrected chi connectivity index (χ4v) is 4.21. The lowest BCUT2D eigenvalue weighted by Crippen LogP contribution is -2.17. The third kappa shape index (κ3) is 4.95. The van der Waals surface area contributed by atoms with E-state index in [-0.39, 0.29) is 5.91 Å². The molecule has 0 aliphatic carbocycles. The van der Waals surface area contributed by atoms with Crippen molar-refractivity contribution < 1.29 is 9.53 Å². The molecule has 0 spiro atoms. The van der Waals surface area contributed by atoms with Crippen LogP contribution >= 0.6 is 23.2 Å². The fraction of sp³-hybridized carbons (Fsp3) is 0.0769. The smallest absolute Gasteiger partial charge is 0.271 e. The molecule has 0 saturated heterocycles. The molecule has 5 nitrogen and oxygen atoms in total. The number of carbonyl (C=O) groups is 1. The normalized spacial score (nSPS) is 11.0. The lowest BCUT2D eigenvalue weighted by atomic mass is 10.1. The van der Waals surface area contributed by atoms with E-state index in [1.165, 1.54) is 13.3 Å². The number of aryl methyl sites for hydroxylation is 1. The molecule has 0 unspecified atom stereocenters. The number of aromatic nitrogens is 1. The lowest BCUT2D eigenvalue weighted by molar-refractivity contribution is 0.0955. The number of nitrogens with one attached hydrogen (secondary N) is 1. The molecule has 33 heavy (non-hydrogen) atoms. The fourth-order valence-electron chi connectivity index (χ4n) is 3.56. The van der Waals surface area contributed by atoms with Crippen molar-refractivity contribution in [1.29, 1.82) is 0 Å². The van der Waals surface area contributed by atoms with Crippen LogP contribution < -0.4 is 10.2 Å². The van der Waals surface area contributed by atoms with Crippen LogP contribution in [-0.2, 0) is 0 Å². The van der Waals surface area contributed by atoms with E-state index in [1.807, 2.05) is 30.3 Å². The number of methoxy groups -OCH3 is 1. The largest absolute Gasteiger partial charge is 0.494 e. The summed E-state index contributed by atoms with van der Waals surface area (Å²) in [4.78, 5) is 12.5. The maximum absolute atomic E-state index is 12.5. The molecule has 0 aliphatic rings. The second-order valence-electron chi connectivity index (χ2n) is 7.33. The zero-order valence-electron chi connectivity index (χ0n) is 18.0. The van der Waals surface area contributed by atoms with Crippen LogP contribution in [0.5, 0.6) is 5.75 Å². The first-order valence-electron chi connectivity index (χ1n) is 10.2. The van der Waals surface area contributed by atoms with E-state index in [4.69, 9.17) is 27.9 Å². The molecule has 3 aromatic carbocycles. The number of carbonyl (C=O) groups excluding carboxylic acids is 1. The van der Waals surface area contributed by atoms with Gasteiger partial charge in [0, 0.05) is 16.9 Å². The van der Waals surface area contributed by atoms with Crippen LogP contribution in [0.15, 0.2) is 84.0 Å². The van der Waals surface area contributed by atoms with Crippen LogP contribution in [0.4, 0.5) is 0 Å². The zero-order chi connectivity index (χ0) is 23.4. The van der Waals surface area contributed by atoms with E-state index in [0.717, 1.165) is 22.6 Å². The number of hydrazone groups is 1. The molecule has 166 valence electrons. The van der Waals surface area contributed by atoms with Crippen LogP contribution in [0.25, 0.3) is 16.9 Å². The van der Waals surface area contributed by atoms with Crippen molar-refractivity contribution in [3.8, 4) is 22.7 Å². The molecule has 1 N–H and O–H groups in total. The molecule has 7 heteroatoms. The Kier molecular flexibility index (Phi) is 6.82. The van der Waals surface area contributed by atoms with Crippen molar-refractivity contribution in [3.05, 3.63) is 106 Å². The molecular formula is C26H21Cl2N3O2. The lowest BCUT2D eigenvalue weighted by Gasteiger charge is -2.12. The Hall–Kier alpha value is -3.54. The van der Waals surface area contributed by atoms with Gasteiger partial charge in [-0.05, 0) is 66.6 Å². The molecule has 0 bridgehead atoms. The van der Waals surface area contributed by atoms with Gasteiger partial charge in [-0.25, -0.2) is 5.43 Å². The van der Waals surface area contributed by atoms with Gasteiger partial charge >= 0.3 is 0 Å². The van der Waals surface area contributed by atoms with Gasteiger partial charge in [-0.3, -0.25) is 4.79 Å². The molecule has 0 radical (unpaired) electrons. The van der Waals surface area contributed by atoms with Crippen molar-refractivity contribution in [2.24, 2.45) is 5.10 Å². The van der Waals surface area contributed by atoms with Gasteiger partial charge in [0.1, 0.15) is 0 Å². The first-order chi connectivity index (χ1) is 16.0. The van der Waals surface area contributed by atoms with Crippen molar-refractivity contribution in [2.75, 3.05) is 7.11 Å². The summed E-state index contributed by atoms with van der Waals surface area (Å²) >= 11 is 12.3. The Morgan fingerprint density at radius 1 is 0.970 bits per heavy atom. The van der Waals surface area contributed by atoms with Crippen molar-refractivity contribution in [2.45, 2.75) is 6.92 Å². The Morgan fingerprint density at radius 2 is 1.64 bits per heavy atom. The zero-order valence-corrected chi connectivity index (χ0v) is 19.6. The summed E-state index contributed by atoms with van der Waals surface area (Å²) in [6.07, 6.45) is 1.47. The highest BCUT2D eigenvalue weighted by Gasteiger charge is 2.11. The standard InChI is InChI=1S/C26H21Cl2N3O2/c1-17-8-13-24(19-6-4-3-5-7-19)31(17)21-11-9-20(10-12-21)26(32)30-29-16-18-14-22(27)25(33-2)23(28)15-18/h3-16H,1-2H3,(H,30,32)/b29-16+. The second-order valence-corrected chi connectivity index (χ2v) is 8.14. The van der Waals surface area contributed by atoms with E-state index < -0.39 is 0 Å². The highest BCUT2D eigenvalue weighted by Crippen LogP contribution is 2.33. The molecule has 1 amide bonds. The Morgan fingerprint density at radius 3 is 2.27 bits per heavy atom. The number of benzene rings is 3. The van der Waals surface area contributed by atoms with Gasteiger partial charge in [-0.2, -0.15) is 5.10 Å². The number of amides is 1. The Bertz CT molecular complexity index is 1290. The van der Waals surface area contributed by atoms with Gasteiger partial charge in [0.25, 0.3) is 5.91 Å². The maximum atomic E-state index is 12.5. The highest BCUT2D eigenvalue weighted by molar-refractivity contribution is 6.37. The minimum Gasteiger partial charge on any atom is -0.494 e. The Balaban J connectivity index is 1.49. The third-order valence-electron chi connectivity index (χ3n) is 5.14. The maximum Gasteiger partial charge on any atom is 0.271 e. The van der Waals surface area contributed by atoms with Crippen LogP contribution in [0, 0.1) is 6.92 Å². The summed E-state index contributed by atoms with van der Waals surface area (Å²) in [6, 6.07) is 25.1. The first-order valence-corrected chi connectivity index (χ1v) is 10.9. The van der Waals surface area contributed by atoms with Crippen LogP contribution in [0.1, 0.15) is 21.6 Å². The Labute approximate surface area is 202 Å². The molecule has 1 aromatic heterocycles. The molecule has 0 atom stereocenters. The second kappa shape index (κ2) is 9.94. The average molecular weight is 478 g/mol. The van der Waals surface area contributed by atoms with Crippen LogP contribution in [0.3, 0.4) is 0 Å². The van der Waals surface area contributed by atoms with Gasteiger partial charge in [-0.1, -0.05) is 53.5 Å². The molecule has 0 aliphatic heterocycles. The predicted molar refractivity (Wildman–Crippen MR) is 134 cm³/mol. The van der Waals surface area contributed by atoms with E-state index in [0.29, 0.717) is 26.9 Å². The minimum absolute atomic E-state index is 0.323. The average Bonchev–Trinajstić information content (AvgIpc) is 3.21. The monoisotopic (exact) mass is 477 g/mol. The van der Waals surface area contributed by atoms with Gasteiger partial charge in [0.05, 0.1) is 29.1 Å². The van der Waals surface area contributed by atoms with Gasteiger partial charge < -0.3 is 9.30 Å². The highest BCUT2D eigenvalue weighted by atomic mass is 35.5. The molecule has 4 rings (SSSR count). The number of rotatable bonds is 6. The van der Waals surface area contributed by atoms with Crippen LogP contribution in [-0.4, -0.2) is 23.8 Å². The van der Waals surface area contributed by atoms with Gasteiger partial charge in [-0.15, -0.1) is 0 Å². The molecule has 0 saturated carbocycles. The topological polar surface area (TPSA) is 55.6 Å². The van der Waals surface area contributed by atoms with Gasteiger partial charge in [0.15, 0.2) is 5.75 Å². The van der Waals surface area contributed by atoms with E-state index >= 15 is 0 Å². The van der Waals surface area contributed by atoms with E-state index in [9.17, 15) is 4.79 Å². The summed E-state index contributed by atoms with van der Waals surface area (Å²) in [5.74, 6) is 0.0731. The summed E-state index contributed by atoms with van der Waals surface area (Å²) in [5.41, 5.74) is 7.94. The number of hydrogen-bond donors (Lipinski definition) is 1. The summed E-state index contributed by atoms with van der Waals surface area (Å²) in [5, 5.41) is 4.74. The summed E-state index contributed by atoms with van der Waals surface area (Å²) in [7, 11) is 1.49. The van der Waals surface area contributed by atoms with Crippen molar-refractivity contribution in [3.63, 3.8) is 0 Å². The molecule has 0 fully saturated rings. The quantitative estimate of drug-likeness (QED) is 0.253. The number of hydrogen-bond acceptors (Lipinski definition) is 3. The van der Waals surface area contributed by atoms with Crippen molar-refractivity contribution in [1.82, 2.24) is 9.99 Å². The summed E-state index contributed by atoms with van der Waals surface area (Å²) in [6.45, 7) is 2.06. The number of nitrogens with zero attached hydrogens (tertiary/aromatic N) is 2. The molecule has 4 aromatic rings. The number of halogens is 2. The van der Waals surface area contributed by atoms with Crippen LogP contribution in [0.2, 0.25) is 10.0 Å². The third-order valence-corrected chi connectivity index (χ3v) is 5.70. The minimum atomic E-state index is -0.323. The molecular weight excluding hydrogens is 457 g/mol. The first kappa shape index (κ1) is 22.6. The predicted octanol–water partition coefficient (Wildman–Crippen LogP) is 6.53. The summed E-state index contributed by atoms with van der Waals surface area (Å²) < 4.78 is 7.29.